The van der Waals surface area contributed by atoms with Crippen molar-refractivity contribution in [2.45, 2.75) is 90.9 Å². The van der Waals surface area contributed by atoms with Gasteiger partial charge in [-0.3, -0.25) is 4.79 Å². The number of carbonyl (C=O) groups excluding carboxylic acids is 1. The Morgan fingerprint density at radius 1 is 0.826 bits per heavy atom. The van der Waals surface area contributed by atoms with Crippen LogP contribution in [0.1, 0.15) is 101 Å². The van der Waals surface area contributed by atoms with Crippen LogP contribution in [0.15, 0.2) is 12.1 Å². The molecule has 0 saturated heterocycles. The third-order valence-electron chi connectivity index (χ3n) is 5.96. The van der Waals surface area contributed by atoms with E-state index in [0.717, 1.165) is 24.8 Å². The molecule has 0 aromatic heterocycles. The van der Waals surface area contributed by atoms with Gasteiger partial charge in [-0.1, -0.05) is 72.9 Å². The van der Waals surface area contributed by atoms with Gasteiger partial charge in [0.1, 0.15) is 0 Å². The molecule has 126 valence electrons. The number of rotatable bonds is 0. The van der Waals surface area contributed by atoms with Crippen LogP contribution in [-0.4, -0.2) is 5.78 Å². The molecule has 1 aromatic rings. The summed E-state index contributed by atoms with van der Waals surface area (Å²) in [6.45, 7) is 13.5. The first kappa shape index (κ1) is 16.7. The lowest BCUT2D eigenvalue weighted by molar-refractivity contribution is 0.0746. The summed E-state index contributed by atoms with van der Waals surface area (Å²) in [5.74, 6) is 0.461. The molecule has 1 spiro atoms. The normalized spacial score (nSPS) is 20.9. The minimum atomic E-state index is -0.0814. The van der Waals surface area contributed by atoms with E-state index in [-0.39, 0.29) is 16.2 Å². The first-order valence-corrected chi connectivity index (χ1v) is 9.28. The maximum absolute atomic E-state index is 13.5. The van der Waals surface area contributed by atoms with Crippen molar-refractivity contribution < 1.29 is 4.79 Å². The van der Waals surface area contributed by atoms with Crippen LogP contribution in [0.5, 0.6) is 0 Å². The summed E-state index contributed by atoms with van der Waals surface area (Å²) in [6.07, 6.45) is 6.90. The monoisotopic (exact) mass is 312 g/mol. The Bertz CT molecular complexity index is 631. The van der Waals surface area contributed by atoms with Gasteiger partial charge in [0.15, 0.2) is 5.78 Å². The van der Waals surface area contributed by atoms with E-state index >= 15 is 0 Å². The predicted octanol–water partition coefficient (Wildman–Crippen LogP) is 5.97. The first-order chi connectivity index (χ1) is 10.6. The highest BCUT2D eigenvalue weighted by Crippen LogP contribution is 2.51. The fraction of sp³-hybridized carbons (Fsp3) is 0.682. The molecule has 0 heterocycles. The molecule has 0 atom stereocenters. The quantitative estimate of drug-likeness (QED) is 0.576. The molecule has 1 saturated carbocycles. The zero-order chi connectivity index (χ0) is 17.0. The summed E-state index contributed by atoms with van der Waals surface area (Å²) >= 11 is 0. The van der Waals surface area contributed by atoms with Gasteiger partial charge < -0.3 is 0 Å². The van der Waals surface area contributed by atoms with E-state index in [1.807, 2.05) is 0 Å². The molecule has 0 aliphatic heterocycles. The molecule has 1 aromatic carbocycles. The van der Waals surface area contributed by atoms with E-state index in [1.54, 1.807) is 0 Å². The van der Waals surface area contributed by atoms with Crippen molar-refractivity contribution in [3.05, 3.63) is 34.4 Å². The second-order valence-corrected chi connectivity index (χ2v) is 9.86. The van der Waals surface area contributed by atoms with Crippen LogP contribution < -0.4 is 0 Å². The third-order valence-corrected chi connectivity index (χ3v) is 5.96. The largest absolute Gasteiger partial charge is 0.294 e. The molecular weight excluding hydrogens is 280 g/mol. The van der Waals surface area contributed by atoms with E-state index in [9.17, 15) is 4.79 Å². The van der Waals surface area contributed by atoms with Crippen molar-refractivity contribution in [1.82, 2.24) is 0 Å². The summed E-state index contributed by atoms with van der Waals surface area (Å²) in [4.78, 5) is 13.5. The molecule has 1 nitrogen and oxygen atoms in total. The zero-order valence-corrected chi connectivity index (χ0v) is 15.8. The summed E-state index contributed by atoms with van der Waals surface area (Å²) in [5, 5.41) is 0. The van der Waals surface area contributed by atoms with Gasteiger partial charge in [-0.15, -0.1) is 0 Å². The fourth-order valence-corrected chi connectivity index (χ4v) is 4.73. The Labute approximate surface area is 141 Å². The van der Waals surface area contributed by atoms with Crippen molar-refractivity contribution in [3.8, 4) is 0 Å². The van der Waals surface area contributed by atoms with Crippen LogP contribution in [0.25, 0.3) is 0 Å². The van der Waals surface area contributed by atoms with Gasteiger partial charge in [0.25, 0.3) is 0 Å². The summed E-state index contributed by atoms with van der Waals surface area (Å²) in [5.41, 5.74) is 5.15. The van der Waals surface area contributed by atoms with E-state index < -0.39 is 0 Å². The molecule has 0 bridgehead atoms. The molecule has 2 aliphatic carbocycles. The Balaban J connectivity index is 2.22. The SMILES string of the molecule is CC(C)(C)c1ccc(C(C)(C)C)c2c1CC1(CCCCC1)C2=O. The highest BCUT2D eigenvalue weighted by atomic mass is 16.1. The van der Waals surface area contributed by atoms with Gasteiger partial charge in [0.2, 0.25) is 0 Å². The number of benzene rings is 1. The molecule has 1 fully saturated rings. The molecule has 0 radical (unpaired) electrons. The van der Waals surface area contributed by atoms with Gasteiger partial charge in [0.05, 0.1) is 0 Å². The topological polar surface area (TPSA) is 17.1 Å². The number of hydrogen-bond donors (Lipinski definition) is 0. The lowest BCUT2D eigenvalue weighted by Gasteiger charge is -2.32. The van der Waals surface area contributed by atoms with Crippen LogP contribution in [-0.2, 0) is 17.3 Å². The van der Waals surface area contributed by atoms with E-state index in [4.69, 9.17) is 0 Å². The van der Waals surface area contributed by atoms with E-state index in [1.165, 1.54) is 36.0 Å². The fourth-order valence-electron chi connectivity index (χ4n) is 4.73. The lowest BCUT2D eigenvalue weighted by atomic mass is 9.70. The van der Waals surface area contributed by atoms with Crippen LogP contribution >= 0.6 is 0 Å². The van der Waals surface area contributed by atoms with Crippen molar-refractivity contribution in [1.29, 1.82) is 0 Å². The van der Waals surface area contributed by atoms with Gasteiger partial charge in [0, 0.05) is 11.0 Å². The van der Waals surface area contributed by atoms with E-state index in [0.29, 0.717) is 5.78 Å². The Kier molecular flexibility index (Phi) is 3.78. The van der Waals surface area contributed by atoms with Gasteiger partial charge in [-0.25, -0.2) is 0 Å². The average molecular weight is 312 g/mol. The van der Waals surface area contributed by atoms with Gasteiger partial charge >= 0.3 is 0 Å². The predicted molar refractivity (Wildman–Crippen MR) is 97.4 cm³/mol. The molecule has 0 unspecified atom stereocenters. The van der Waals surface area contributed by atoms with Crippen molar-refractivity contribution in [3.63, 3.8) is 0 Å². The number of hydrogen-bond acceptors (Lipinski definition) is 1. The Morgan fingerprint density at radius 2 is 1.35 bits per heavy atom. The Morgan fingerprint density at radius 3 is 1.87 bits per heavy atom. The summed E-state index contributed by atoms with van der Waals surface area (Å²) < 4.78 is 0. The number of ketones is 1. The second kappa shape index (κ2) is 5.19. The lowest BCUT2D eigenvalue weighted by Crippen LogP contribution is -2.31. The van der Waals surface area contributed by atoms with Gasteiger partial charge in [-0.2, -0.15) is 0 Å². The third kappa shape index (κ3) is 2.66. The van der Waals surface area contributed by atoms with Crippen LogP contribution in [0, 0.1) is 5.41 Å². The minimum Gasteiger partial charge on any atom is -0.294 e. The highest BCUT2D eigenvalue weighted by Gasteiger charge is 2.48. The molecular formula is C22H32O. The molecule has 0 N–H and O–H groups in total. The zero-order valence-electron chi connectivity index (χ0n) is 15.8. The van der Waals surface area contributed by atoms with Crippen molar-refractivity contribution >= 4 is 5.78 Å². The second-order valence-electron chi connectivity index (χ2n) is 9.86. The van der Waals surface area contributed by atoms with Crippen LogP contribution in [0.2, 0.25) is 0 Å². The highest BCUT2D eigenvalue weighted by molar-refractivity contribution is 6.07. The summed E-state index contributed by atoms with van der Waals surface area (Å²) in [7, 11) is 0. The summed E-state index contributed by atoms with van der Waals surface area (Å²) in [6, 6.07) is 4.54. The molecule has 3 rings (SSSR count). The van der Waals surface area contributed by atoms with Gasteiger partial charge in [-0.05, 0) is 46.8 Å². The maximum Gasteiger partial charge on any atom is 0.169 e. The van der Waals surface area contributed by atoms with Crippen molar-refractivity contribution in [2.24, 2.45) is 5.41 Å². The standard InChI is InChI=1S/C22H32O/c1-20(2,3)16-10-11-17(21(4,5)6)18-15(16)14-22(19(18)23)12-8-7-9-13-22/h10-11H,7-9,12-14H2,1-6H3. The molecule has 2 aliphatic rings. The molecule has 23 heavy (non-hydrogen) atoms. The molecule has 1 heteroatoms. The Hall–Kier alpha value is -1.11. The number of Topliss-reactive ketones (excluding diaryl/α,β-unsaturated/α-hetero) is 1. The van der Waals surface area contributed by atoms with Crippen molar-refractivity contribution in [2.75, 3.05) is 0 Å². The molecule has 0 amide bonds. The first-order valence-electron chi connectivity index (χ1n) is 9.28. The number of carbonyl (C=O) groups is 1. The number of fused-ring (bicyclic) bond motifs is 1. The van der Waals surface area contributed by atoms with Crippen LogP contribution in [0.4, 0.5) is 0 Å². The van der Waals surface area contributed by atoms with Crippen LogP contribution in [0.3, 0.4) is 0 Å². The smallest absolute Gasteiger partial charge is 0.169 e. The average Bonchev–Trinajstić information content (AvgIpc) is 2.70. The maximum atomic E-state index is 13.5. The van der Waals surface area contributed by atoms with E-state index in [2.05, 4.69) is 53.7 Å². The minimum absolute atomic E-state index is 0.0242.